The van der Waals surface area contributed by atoms with Gasteiger partial charge in [-0.3, -0.25) is 0 Å². The highest BCUT2D eigenvalue weighted by Crippen LogP contribution is 2.35. The summed E-state index contributed by atoms with van der Waals surface area (Å²) in [5.74, 6) is 0.905. The Kier molecular flexibility index (Phi) is 4.53. The number of hydrogen-bond donors (Lipinski definition) is 0. The summed E-state index contributed by atoms with van der Waals surface area (Å²) in [4.78, 5) is 12.3. The van der Waals surface area contributed by atoms with Gasteiger partial charge in [-0.1, -0.05) is 15.9 Å². The van der Waals surface area contributed by atoms with Gasteiger partial charge in [0.2, 0.25) is 0 Å². The number of halogens is 1. The first-order chi connectivity index (χ1) is 12.7. The van der Waals surface area contributed by atoms with Crippen LogP contribution in [0.5, 0.6) is 11.5 Å². The lowest BCUT2D eigenvalue weighted by Gasteiger charge is -2.19. The minimum Gasteiger partial charge on any atom is -0.486 e. The second-order valence-corrected chi connectivity index (χ2v) is 6.32. The Labute approximate surface area is 156 Å². The molecule has 1 aliphatic rings. The van der Waals surface area contributed by atoms with E-state index in [4.69, 9.17) is 14.2 Å². The zero-order valence-corrected chi connectivity index (χ0v) is 15.0. The number of rotatable bonds is 4. The Hall–Kier alpha value is -2.94. The van der Waals surface area contributed by atoms with Gasteiger partial charge in [0, 0.05) is 10.0 Å². The number of fused-ring (bicyclic) bond motifs is 1. The van der Waals surface area contributed by atoms with E-state index in [1.54, 1.807) is 24.3 Å². The monoisotopic (exact) mass is 416 g/mol. The molecular weight excluding hydrogens is 404 g/mol. The highest BCUT2D eigenvalue weighted by atomic mass is 79.9. The molecular formula is C17H13BrN4O4. The average molecular weight is 417 g/mol. The maximum Gasteiger partial charge on any atom is 0.338 e. The Morgan fingerprint density at radius 1 is 1.15 bits per heavy atom. The van der Waals surface area contributed by atoms with E-state index in [1.165, 1.54) is 11.0 Å². The molecule has 0 spiro atoms. The van der Waals surface area contributed by atoms with Gasteiger partial charge in [-0.25, -0.2) is 9.48 Å². The number of benzene rings is 2. The summed E-state index contributed by atoms with van der Waals surface area (Å²) in [5.41, 5.74) is 1.99. The molecule has 0 saturated heterocycles. The molecule has 1 aliphatic heterocycles. The summed E-state index contributed by atoms with van der Waals surface area (Å²) in [5, 5.41) is 10.9. The van der Waals surface area contributed by atoms with Crippen LogP contribution in [-0.4, -0.2) is 39.4 Å². The van der Waals surface area contributed by atoms with E-state index in [2.05, 4.69) is 31.5 Å². The quantitative estimate of drug-likeness (QED) is 0.603. The molecule has 0 aliphatic carbocycles. The lowest BCUT2D eigenvalue weighted by atomic mass is 10.2. The van der Waals surface area contributed by atoms with Crippen molar-refractivity contribution >= 4 is 21.9 Å². The topological polar surface area (TPSA) is 88.4 Å². The van der Waals surface area contributed by atoms with Crippen LogP contribution < -0.4 is 9.47 Å². The molecule has 1 aromatic heterocycles. The molecule has 0 N–H and O–H groups in total. The van der Waals surface area contributed by atoms with E-state index in [9.17, 15) is 4.79 Å². The summed E-state index contributed by atoms with van der Waals surface area (Å²) < 4.78 is 18.8. The number of carbonyl (C=O) groups excluding carboxylic acids is 1. The first-order valence-corrected chi connectivity index (χ1v) is 8.58. The molecule has 3 aromatic rings. The second-order valence-electron chi connectivity index (χ2n) is 5.46. The smallest absolute Gasteiger partial charge is 0.338 e. The number of aromatic nitrogens is 4. The number of tetrazole rings is 1. The number of carbonyl (C=O) groups is 1. The van der Waals surface area contributed by atoms with Crippen LogP contribution in [0.15, 0.2) is 47.2 Å². The fourth-order valence-corrected chi connectivity index (χ4v) is 2.91. The Morgan fingerprint density at radius 3 is 2.58 bits per heavy atom. The molecule has 9 heteroatoms. The molecule has 8 nitrogen and oxygen atoms in total. The van der Waals surface area contributed by atoms with Crippen molar-refractivity contribution in [3.8, 4) is 17.2 Å². The van der Waals surface area contributed by atoms with Crippen LogP contribution in [-0.2, 0) is 11.3 Å². The molecule has 2 heterocycles. The Balaban J connectivity index is 1.44. The molecule has 0 unspecified atom stereocenters. The predicted octanol–water partition coefficient (Wildman–Crippen LogP) is 2.55. The molecule has 0 atom stereocenters. The van der Waals surface area contributed by atoms with Crippen LogP contribution in [0, 0.1) is 0 Å². The van der Waals surface area contributed by atoms with Crippen molar-refractivity contribution in [3.05, 3.63) is 58.3 Å². The van der Waals surface area contributed by atoms with Gasteiger partial charge >= 0.3 is 5.97 Å². The zero-order valence-electron chi connectivity index (χ0n) is 13.5. The van der Waals surface area contributed by atoms with Crippen LogP contribution in [0.4, 0.5) is 0 Å². The number of nitrogens with zero attached hydrogens (tertiary/aromatic N) is 4. The van der Waals surface area contributed by atoms with Crippen molar-refractivity contribution in [2.75, 3.05) is 13.2 Å². The SMILES string of the molecule is O=C(OCc1cc2c(cc1Br)OCCO2)c1ccc(-n2cnnn2)cc1. The standard InChI is InChI=1S/C17H13BrN4O4/c18-14-8-16-15(24-5-6-25-16)7-12(14)9-26-17(23)11-1-3-13(4-2-11)22-10-19-20-21-22/h1-4,7-8,10H,5-6,9H2. The van der Waals surface area contributed by atoms with E-state index >= 15 is 0 Å². The van der Waals surface area contributed by atoms with Gasteiger partial charge in [0.25, 0.3) is 0 Å². The van der Waals surface area contributed by atoms with E-state index in [-0.39, 0.29) is 6.61 Å². The predicted molar refractivity (Wildman–Crippen MR) is 93.4 cm³/mol. The van der Waals surface area contributed by atoms with E-state index in [0.717, 1.165) is 15.7 Å². The molecule has 0 amide bonds. The summed E-state index contributed by atoms with van der Waals surface area (Å²) in [6.45, 7) is 1.14. The molecule has 0 bridgehead atoms. The highest BCUT2D eigenvalue weighted by molar-refractivity contribution is 9.10. The van der Waals surface area contributed by atoms with Crippen molar-refractivity contribution in [1.29, 1.82) is 0 Å². The Bertz CT molecular complexity index is 929. The van der Waals surface area contributed by atoms with Gasteiger partial charge < -0.3 is 14.2 Å². The minimum absolute atomic E-state index is 0.116. The maximum atomic E-state index is 12.3. The van der Waals surface area contributed by atoms with Crippen LogP contribution in [0.3, 0.4) is 0 Å². The molecule has 132 valence electrons. The van der Waals surface area contributed by atoms with E-state index in [1.807, 2.05) is 12.1 Å². The van der Waals surface area contributed by atoms with Crippen molar-refractivity contribution in [3.63, 3.8) is 0 Å². The molecule has 0 radical (unpaired) electrons. The van der Waals surface area contributed by atoms with E-state index < -0.39 is 5.97 Å². The lowest BCUT2D eigenvalue weighted by Crippen LogP contribution is -2.15. The van der Waals surface area contributed by atoms with Gasteiger partial charge in [0.15, 0.2) is 11.5 Å². The normalized spacial score (nSPS) is 12.7. The van der Waals surface area contributed by atoms with Crippen molar-refractivity contribution in [2.24, 2.45) is 0 Å². The molecule has 0 saturated carbocycles. The Morgan fingerprint density at radius 2 is 1.88 bits per heavy atom. The van der Waals surface area contributed by atoms with Crippen molar-refractivity contribution in [2.45, 2.75) is 6.61 Å². The number of ether oxygens (including phenoxy) is 3. The molecule has 4 rings (SSSR count). The summed E-state index contributed by atoms with van der Waals surface area (Å²) in [7, 11) is 0. The van der Waals surface area contributed by atoms with E-state index in [0.29, 0.717) is 30.3 Å². The first kappa shape index (κ1) is 16.5. The fourth-order valence-electron chi connectivity index (χ4n) is 2.47. The third-order valence-electron chi connectivity index (χ3n) is 3.79. The van der Waals surface area contributed by atoms with Crippen LogP contribution in [0.1, 0.15) is 15.9 Å². The lowest BCUT2D eigenvalue weighted by molar-refractivity contribution is 0.0471. The fraction of sp³-hybridized carbons (Fsp3) is 0.176. The van der Waals surface area contributed by atoms with Gasteiger partial charge in [0.05, 0.1) is 11.3 Å². The third kappa shape index (κ3) is 3.38. The molecule has 2 aromatic carbocycles. The highest BCUT2D eigenvalue weighted by Gasteiger charge is 2.16. The van der Waals surface area contributed by atoms with Crippen molar-refractivity contribution in [1.82, 2.24) is 20.2 Å². The summed E-state index contributed by atoms with van der Waals surface area (Å²) in [6, 6.07) is 10.4. The second kappa shape index (κ2) is 7.12. The summed E-state index contributed by atoms with van der Waals surface area (Å²) in [6.07, 6.45) is 1.48. The number of esters is 1. The molecule has 26 heavy (non-hydrogen) atoms. The average Bonchev–Trinajstić information content (AvgIpc) is 3.21. The van der Waals surface area contributed by atoms with Crippen LogP contribution in [0.2, 0.25) is 0 Å². The molecule has 0 fully saturated rings. The van der Waals surface area contributed by atoms with Crippen LogP contribution in [0.25, 0.3) is 5.69 Å². The largest absolute Gasteiger partial charge is 0.486 e. The minimum atomic E-state index is -0.421. The van der Waals surface area contributed by atoms with Gasteiger partial charge in [-0.15, -0.1) is 5.10 Å². The van der Waals surface area contributed by atoms with Gasteiger partial charge in [0.1, 0.15) is 26.1 Å². The third-order valence-corrected chi connectivity index (χ3v) is 4.52. The summed E-state index contributed by atoms with van der Waals surface area (Å²) >= 11 is 3.46. The van der Waals surface area contributed by atoms with Crippen molar-refractivity contribution < 1.29 is 19.0 Å². The van der Waals surface area contributed by atoms with Crippen LogP contribution >= 0.6 is 15.9 Å². The van der Waals surface area contributed by atoms with Gasteiger partial charge in [-0.05, 0) is 46.8 Å². The zero-order chi connectivity index (χ0) is 17.9. The van der Waals surface area contributed by atoms with Gasteiger partial charge in [-0.2, -0.15) is 0 Å². The maximum absolute atomic E-state index is 12.3. The number of hydrogen-bond acceptors (Lipinski definition) is 7. The first-order valence-electron chi connectivity index (χ1n) is 7.79.